The van der Waals surface area contributed by atoms with Gasteiger partial charge in [0.05, 0.1) is 19.4 Å². The van der Waals surface area contributed by atoms with Crippen molar-refractivity contribution in [3.05, 3.63) is 23.5 Å². The largest absolute Gasteiger partial charge is 0.497 e. The summed E-state index contributed by atoms with van der Waals surface area (Å²) in [5, 5.41) is 3.36. The summed E-state index contributed by atoms with van der Waals surface area (Å²) in [5.74, 6) is 0.836. The van der Waals surface area contributed by atoms with E-state index in [-0.39, 0.29) is 0 Å². The first-order chi connectivity index (χ1) is 8.61. The van der Waals surface area contributed by atoms with Gasteiger partial charge in [0, 0.05) is 30.5 Å². The Labute approximate surface area is 110 Å². The van der Waals surface area contributed by atoms with Gasteiger partial charge in [0.2, 0.25) is 0 Å². The van der Waals surface area contributed by atoms with E-state index in [0.717, 1.165) is 36.7 Å². The van der Waals surface area contributed by atoms with Gasteiger partial charge in [0.15, 0.2) is 0 Å². The number of aryl methyl sites for hydroxylation is 1. The molecule has 0 fully saturated rings. The maximum Gasteiger partial charge on any atom is 0.122 e. The second-order valence-electron chi connectivity index (χ2n) is 4.65. The Balaban J connectivity index is 2.24. The molecule has 0 bridgehead atoms. The van der Waals surface area contributed by atoms with E-state index >= 15 is 0 Å². The van der Waals surface area contributed by atoms with Crippen molar-refractivity contribution in [2.45, 2.75) is 39.8 Å². The molecule has 18 heavy (non-hydrogen) atoms. The number of nitrogens with one attached hydrogen (secondary N) is 1. The van der Waals surface area contributed by atoms with Gasteiger partial charge >= 0.3 is 0 Å². The van der Waals surface area contributed by atoms with Gasteiger partial charge in [0.25, 0.3) is 0 Å². The summed E-state index contributed by atoms with van der Waals surface area (Å²) in [6.45, 7) is 8.52. The summed E-state index contributed by atoms with van der Waals surface area (Å²) >= 11 is 0. The summed E-state index contributed by atoms with van der Waals surface area (Å²) < 4.78 is 10.8. The van der Waals surface area contributed by atoms with Crippen LogP contribution in [0, 0.1) is 6.92 Å². The number of nitrogens with zero attached hydrogens (tertiary/aromatic N) is 1. The van der Waals surface area contributed by atoms with Crippen LogP contribution in [0.15, 0.2) is 12.1 Å². The van der Waals surface area contributed by atoms with Gasteiger partial charge in [-0.05, 0) is 19.9 Å². The Hall–Kier alpha value is -1.13. The molecule has 0 radical (unpaired) electrons. The molecule has 4 nitrogen and oxygen atoms in total. The molecule has 102 valence electrons. The van der Waals surface area contributed by atoms with E-state index < -0.39 is 0 Å². The van der Waals surface area contributed by atoms with Crippen LogP contribution in [0.1, 0.15) is 31.7 Å². The molecule has 1 aromatic heterocycles. The van der Waals surface area contributed by atoms with E-state index in [0.29, 0.717) is 12.6 Å². The van der Waals surface area contributed by atoms with Gasteiger partial charge in [-0.2, -0.15) is 0 Å². The Kier molecular flexibility index (Phi) is 6.68. The molecule has 0 aliphatic carbocycles. The van der Waals surface area contributed by atoms with Crippen molar-refractivity contribution in [1.29, 1.82) is 0 Å². The maximum atomic E-state index is 5.60. The highest BCUT2D eigenvalue weighted by Crippen LogP contribution is 2.13. The normalized spacial score (nSPS) is 10.9. The Morgan fingerprint density at radius 3 is 2.78 bits per heavy atom. The number of methoxy groups -OCH3 is 1. The fraction of sp³-hybridized carbons (Fsp3) is 0.643. The molecule has 1 N–H and O–H groups in total. The predicted octanol–water partition coefficient (Wildman–Crippen LogP) is 2.30. The molecule has 0 aromatic carbocycles. The highest BCUT2D eigenvalue weighted by Gasteiger charge is 2.01. The van der Waals surface area contributed by atoms with Crippen molar-refractivity contribution in [3.63, 3.8) is 0 Å². The smallest absolute Gasteiger partial charge is 0.122 e. The zero-order valence-corrected chi connectivity index (χ0v) is 11.8. The molecule has 0 saturated carbocycles. The first kappa shape index (κ1) is 14.9. The molecule has 0 aliphatic heterocycles. The quantitative estimate of drug-likeness (QED) is 0.721. The van der Waals surface area contributed by atoms with Crippen LogP contribution in [0.5, 0.6) is 5.75 Å². The molecule has 0 saturated heterocycles. The van der Waals surface area contributed by atoms with E-state index in [1.54, 1.807) is 7.11 Å². The summed E-state index contributed by atoms with van der Waals surface area (Å²) in [7, 11) is 1.66. The van der Waals surface area contributed by atoms with Gasteiger partial charge in [-0.15, -0.1) is 0 Å². The number of hydrogen-bond donors (Lipinski definition) is 1. The van der Waals surface area contributed by atoms with Crippen LogP contribution in [0.25, 0.3) is 0 Å². The molecule has 1 heterocycles. The van der Waals surface area contributed by atoms with Crippen molar-refractivity contribution < 1.29 is 9.47 Å². The van der Waals surface area contributed by atoms with E-state index in [2.05, 4.69) is 24.1 Å². The van der Waals surface area contributed by atoms with Crippen LogP contribution in [-0.4, -0.2) is 31.3 Å². The fourth-order valence-electron chi connectivity index (χ4n) is 1.64. The maximum absolute atomic E-state index is 5.60. The van der Waals surface area contributed by atoms with Crippen LogP contribution >= 0.6 is 0 Å². The van der Waals surface area contributed by atoms with Crippen LogP contribution in [-0.2, 0) is 11.3 Å². The monoisotopic (exact) mass is 252 g/mol. The number of hydrogen-bond acceptors (Lipinski definition) is 4. The van der Waals surface area contributed by atoms with Gasteiger partial charge in [-0.3, -0.25) is 4.98 Å². The molecule has 4 heteroatoms. The Morgan fingerprint density at radius 2 is 2.11 bits per heavy atom. The average molecular weight is 252 g/mol. The highest BCUT2D eigenvalue weighted by molar-refractivity contribution is 5.26. The fourth-order valence-corrected chi connectivity index (χ4v) is 1.64. The van der Waals surface area contributed by atoms with Gasteiger partial charge in [-0.25, -0.2) is 0 Å². The first-order valence-corrected chi connectivity index (χ1v) is 6.44. The zero-order chi connectivity index (χ0) is 13.4. The third-order valence-corrected chi connectivity index (χ3v) is 2.48. The molecule has 1 rings (SSSR count). The topological polar surface area (TPSA) is 43.4 Å². The van der Waals surface area contributed by atoms with E-state index in [9.17, 15) is 0 Å². The minimum atomic E-state index is 0.535. The second-order valence-corrected chi connectivity index (χ2v) is 4.65. The molecular weight excluding hydrogens is 228 g/mol. The molecular formula is C14H24N2O2. The molecule has 0 aliphatic rings. The number of ether oxygens (including phenoxy) is 2. The van der Waals surface area contributed by atoms with E-state index in [4.69, 9.17) is 9.47 Å². The molecule has 0 unspecified atom stereocenters. The zero-order valence-electron chi connectivity index (χ0n) is 11.8. The van der Waals surface area contributed by atoms with Gasteiger partial charge < -0.3 is 14.8 Å². The summed E-state index contributed by atoms with van der Waals surface area (Å²) in [6, 6.07) is 4.36. The van der Waals surface area contributed by atoms with Crippen molar-refractivity contribution in [1.82, 2.24) is 10.3 Å². The molecule has 0 spiro atoms. The SMILES string of the molecule is COc1cc(C)nc(COCCCNC(C)C)c1. The summed E-state index contributed by atoms with van der Waals surface area (Å²) in [6.07, 6.45) is 1.02. The van der Waals surface area contributed by atoms with E-state index in [1.165, 1.54) is 0 Å². The average Bonchev–Trinajstić information content (AvgIpc) is 2.32. The summed E-state index contributed by atoms with van der Waals surface area (Å²) in [4.78, 5) is 4.41. The standard InChI is InChI=1S/C14H24N2O2/c1-11(2)15-6-5-7-18-10-13-9-14(17-4)8-12(3)16-13/h8-9,11,15H,5-7,10H2,1-4H3. The number of pyridine rings is 1. The first-order valence-electron chi connectivity index (χ1n) is 6.44. The molecule has 0 amide bonds. The Bertz CT molecular complexity index is 354. The van der Waals surface area contributed by atoms with Crippen molar-refractivity contribution in [2.75, 3.05) is 20.3 Å². The lowest BCUT2D eigenvalue weighted by atomic mass is 10.3. The summed E-state index contributed by atoms with van der Waals surface area (Å²) in [5.41, 5.74) is 1.87. The van der Waals surface area contributed by atoms with Crippen LogP contribution in [0.2, 0.25) is 0 Å². The van der Waals surface area contributed by atoms with Gasteiger partial charge in [0.1, 0.15) is 5.75 Å². The third-order valence-electron chi connectivity index (χ3n) is 2.48. The highest BCUT2D eigenvalue weighted by atomic mass is 16.5. The predicted molar refractivity (Wildman–Crippen MR) is 72.9 cm³/mol. The minimum absolute atomic E-state index is 0.535. The van der Waals surface area contributed by atoms with Crippen molar-refractivity contribution in [3.8, 4) is 5.75 Å². The second kappa shape index (κ2) is 8.06. The van der Waals surface area contributed by atoms with Crippen molar-refractivity contribution in [2.24, 2.45) is 0 Å². The lowest BCUT2D eigenvalue weighted by Crippen LogP contribution is -2.24. The third kappa shape index (κ3) is 5.98. The Morgan fingerprint density at radius 1 is 1.33 bits per heavy atom. The lowest BCUT2D eigenvalue weighted by Gasteiger charge is -2.09. The van der Waals surface area contributed by atoms with Crippen molar-refractivity contribution >= 4 is 0 Å². The van der Waals surface area contributed by atoms with Gasteiger partial charge in [-0.1, -0.05) is 13.8 Å². The lowest BCUT2D eigenvalue weighted by molar-refractivity contribution is 0.115. The van der Waals surface area contributed by atoms with E-state index in [1.807, 2.05) is 19.1 Å². The molecule has 1 aromatic rings. The van der Waals surface area contributed by atoms with Crippen LogP contribution in [0.4, 0.5) is 0 Å². The number of aromatic nitrogens is 1. The number of rotatable bonds is 8. The van der Waals surface area contributed by atoms with Crippen LogP contribution < -0.4 is 10.1 Å². The molecule has 0 atom stereocenters. The minimum Gasteiger partial charge on any atom is -0.497 e. The van der Waals surface area contributed by atoms with Crippen LogP contribution in [0.3, 0.4) is 0 Å².